The number of anilines is 1. The van der Waals surface area contributed by atoms with Crippen LogP contribution in [0.25, 0.3) is 20.8 Å². The van der Waals surface area contributed by atoms with Crippen molar-refractivity contribution >= 4 is 65.2 Å². The van der Waals surface area contributed by atoms with Crippen LogP contribution in [0, 0.1) is 0 Å². The van der Waals surface area contributed by atoms with Gasteiger partial charge < -0.3 is 5.32 Å². The molecule has 41 heavy (non-hydrogen) atoms. The molecule has 0 radical (unpaired) electrons. The lowest BCUT2D eigenvalue weighted by Gasteiger charge is -2.27. The molecule has 6 nitrogen and oxygen atoms in total. The van der Waals surface area contributed by atoms with E-state index < -0.39 is 9.84 Å². The number of thiophene rings is 1. The number of rotatable bonds is 9. The number of benzene rings is 3. The number of nitrogens with one attached hydrogen (secondary N) is 1. The van der Waals surface area contributed by atoms with Crippen molar-refractivity contribution in [3.63, 3.8) is 0 Å². The highest BCUT2D eigenvalue weighted by atomic mass is 35.5. The van der Waals surface area contributed by atoms with Gasteiger partial charge >= 0.3 is 0 Å². The zero-order valence-electron chi connectivity index (χ0n) is 22.2. The topological polar surface area (TPSA) is 79.4 Å². The molecule has 1 N–H and O–H groups in total. The van der Waals surface area contributed by atoms with Crippen molar-refractivity contribution in [2.24, 2.45) is 0 Å². The lowest BCUT2D eigenvalue weighted by Crippen LogP contribution is -2.29. The van der Waals surface area contributed by atoms with E-state index in [0.717, 1.165) is 51.8 Å². The van der Waals surface area contributed by atoms with Crippen molar-refractivity contribution in [3.05, 3.63) is 99.9 Å². The van der Waals surface area contributed by atoms with Crippen molar-refractivity contribution in [1.29, 1.82) is 0 Å². The molecule has 0 aliphatic carbocycles. The van der Waals surface area contributed by atoms with Gasteiger partial charge in [-0.2, -0.15) is 0 Å². The van der Waals surface area contributed by atoms with Gasteiger partial charge in [-0.25, -0.2) is 13.4 Å². The first-order valence-corrected chi connectivity index (χ1v) is 17.1. The van der Waals surface area contributed by atoms with Crippen molar-refractivity contribution in [2.75, 3.05) is 17.6 Å². The minimum atomic E-state index is -3.50. The summed E-state index contributed by atoms with van der Waals surface area (Å²) >= 11 is 9.14. The molecule has 3 aromatic carbocycles. The van der Waals surface area contributed by atoms with Gasteiger partial charge in [-0.3, -0.25) is 9.69 Å². The Labute approximate surface area is 252 Å². The van der Waals surface area contributed by atoms with Crippen molar-refractivity contribution in [3.8, 4) is 10.6 Å². The van der Waals surface area contributed by atoms with Crippen LogP contribution in [0.15, 0.2) is 83.8 Å². The summed E-state index contributed by atoms with van der Waals surface area (Å²) in [5.74, 6) is -0.305. The first kappa shape index (κ1) is 28.1. The molecule has 5 aromatic rings. The molecule has 0 fully saturated rings. The zero-order chi connectivity index (χ0) is 28.4. The third-order valence-electron chi connectivity index (χ3n) is 7.14. The molecule has 210 valence electrons. The second-order valence-electron chi connectivity index (χ2n) is 10.1. The number of amides is 1. The Bertz CT molecular complexity index is 1770. The summed E-state index contributed by atoms with van der Waals surface area (Å²) in [6.45, 7) is 2.60. The molecule has 0 bridgehead atoms. The molecule has 0 unspecified atom stereocenters. The smallest absolute Gasteiger partial charge is 0.225 e. The van der Waals surface area contributed by atoms with Gasteiger partial charge in [0.2, 0.25) is 5.91 Å². The standard InChI is InChI=1S/C31H28ClN3O3S3/c32-22-12-14-23(15-13-22)41(37,38)18-6-11-28(36)34-31-29(30-33-25-9-4-5-10-26(25)39-30)24-16-17-35(20-27(24)40-31)19-21-7-2-1-3-8-21/h1-5,7-10,12-15H,6,11,16-20H2,(H,34,36). The Morgan fingerprint density at radius 1 is 0.976 bits per heavy atom. The van der Waals surface area contributed by atoms with E-state index in [0.29, 0.717) is 5.02 Å². The van der Waals surface area contributed by atoms with Gasteiger partial charge in [0.1, 0.15) is 10.0 Å². The second-order valence-corrected chi connectivity index (χ2v) is 14.7. The molecule has 0 saturated carbocycles. The quantitative estimate of drug-likeness (QED) is 0.185. The number of hydrogen-bond acceptors (Lipinski definition) is 7. The zero-order valence-corrected chi connectivity index (χ0v) is 25.4. The third-order valence-corrected chi connectivity index (χ3v) is 11.4. The number of carbonyl (C=O) groups excluding carboxylic acids is 1. The van der Waals surface area contributed by atoms with Crippen LogP contribution in [0.5, 0.6) is 0 Å². The summed E-state index contributed by atoms with van der Waals surface area (Å²) in [6, 6.07) is 24.6. The monoisotopic (exact) mass is 621 g/mol. The van der Waals surface area contributed by atoms with Crippen LogP contribution in [-0.2, 0) is 34.1 Å². The Hall–Kier alpha value is -3.08. The number of thiazole rings is 1. The van der Waals surface area contributed by atoms with E-state index in [9.17, 15) is 13.2 Å². The summed E-state index contributed by atoms with van der Waals surface area (Å²) in [7, 11) is -3.50. The van der Waals surface area contributed by atoms with Crippen molar-refractivity contribution < 1.29 is 13.2 Å². The van der Waals surface area contributed by atoms with Crippen LogP contribution in [0.2, 0.25) is 5.02 Å². The Morgan fingerprint density at radius 3 is 2.51 bits per heavy atom. The molecule has 1 aliphatic heterocycles. The highest BCUT2D eigenvalue weighted by molar-refractivity contribution is 7.91. The molecule has 6 rings (SSSR count). The molecular weight excluding hydrogens is 594 g/mol. The van der Waals surface area contributed by atoms with Crippen LogP contribution < -0.4 is 5.32 Å². The molecule has 0 atom stereocenters. The number of halogens is 1. The molecule has 0 saturated heterocycles. The van der Waals surface area contributed by atoms with E-state index >= 15 is 0 Å². The van der Waals surface area contributed by atoms with Crippen LogP contribution in [0.1, 0.15) is 28.8 Å². The number of carbonyl (C=O) groups is 1. The number of nitrogens with zero attached hydrogens (tertiary/aromatic N) is 2. The van der Waals surface area contributed by atoms with Crippen molar-refractivity contribution in [2.45, 2.75) is 37.2 Å². The number of aromatic nitrogens is 1. The van der Waals surface area contributed by atoms with E-state index in [-0.39, 0.29) is 29.4 Å². The second kappa shape index (κ2) is 12.0. The molecule has 10 heteroatoms. The third kappa shape index (κ3) is 6.39. The normalized spacial score (nSPS) is 13.8. The molecule has 3 heterocycles. The minimum Gasteiger partial charge on any atom is -0.317 e. The maximum Gasteiger partial charge on any atom is 0.225 e. The van der Waals surface area contributed by atoms with Crippen LogP contribution in [0.3, 0.4) is 0 Å². The number of sulfone groups is 1. The molecule has 1 amide bonds. The van der Waals surface area contributed by atoms with Crippen LogP contribution >= 0.6 is 34.3 Å². The summed E-state index contributed by atoms with van der Waals surface area (Å²) in [5.41, 5.74) is 4.48. The first-order valence-electron chi connectivity index (χ1n) is 13.4. The Balaban J connectivity index is 1.21. The fourth-order valence-corrected chi connectivity index (χ4v) is 8.95. The largest absolute Gasteiger partial charge is 0.317 e. The average Bonchev–Trinajstić information content (AvgIpc) is 3.54. The number of fused-ring (bicyclic) bond motifs is 2. The van der Waals surface area contributed by atoms with E-state index in [1.807, 2.05) is 24.3 Å². The lowest BCUT2D eigenvalue weighted by atomic mass is 10.0. The van der Waals surface area contributed by atoms with E-state index in [1.165, 1.54) is 28.1 Å². The van der Waals surface area contributed by atoms with Gasteiger partial charge in [0.25, 0.3) is 0 Å². The predicted octanol–water partition coefficient (Wildman–Crippen LogP) is 7.43. The van der Waals surface area contributed by atoms with Gasteiger partial charge in [-0.1, -0.05) is 54.1 Å². The lowest BCUT2D eigenvalue weighted by molar-refractivity contribution is -0.116. The Kier molecular flexibility index (Phi) is 8.23. The number of hydrogen-bond donors (Lipinski definition) is 1. The van der Waals surface area contributed by atoms with Crippen LogP contribution in [-0.4, -0.2) is 36.5 Å². The average molecular weight is 622 g/mol. The fourth-order valence-electron chi connectivity index (χ4n) is 5.10. The summed E-state index contributed by atoms with van der Waals surface area (Å²) in [6.07, 6.45) is 1.21. The molecular formula is C31H28ClN3O3S3. The summed E-state index contributed by atoms with van der Waals surface area (Å²) < 4.78 is 26.5. The number of para-hydroxylation sites is 1. The summed E-state index contributed by atoms with van der Waals surface area (Å²) in [5, 5.41) is 5.30. The maximum atomic E-state index is 13.1. The van der Waals surface area contributed by atoms with E-state index in [2.05, 4.69) is 40.5 Å². The Morgan fingerprint density at radius 2 is 1.73 bits per heavy atom. The van der Waals surface area contributed by atoms with Crippen LogP contribution in [0.4, 0.5) is 5.00 Å². The highest BCUT2D eigenvalue weighted by Gasteiger charge is 2.28. The molecule has 2 aromatic heterocycles. The van der Waals surface area contributed by atoms with Gasteiger partial charge in [-0.15, -0.1) is 22.7 Å². The van der Waals surface area contributed by atoms with Crippen molar-refractivity contribution in [1.82, 2.24) is 9.88 Å². The summed E-state index contributed by atoms with van der Waals surface area (Å²) in [4.78, 5) is 21.9. The predicted molar refractivity (Wildman–Crippen MR) is 169 cm³/mol. The van der Waals surface area contributed by atoms with Gasteiger partial charge in [0.15, 0.2) is 9.84 Å². The van der Waals surface area contributed by atoms with Gasteiger partial charge in [0, 0.05) is 41.5 Å². The fraction of sp³-hybridized carbons (Fsp3) is 0.226. The van der Waals surface area contributed by atoms with Gasteiger partial charge in [-0.05, 0) is 60.4 Å². The molecule has 1 aliphatic rings. The maximum absolute atomic E-state index is 13.1. The SMILES string of the molecule is O=C(CCCS(=O)(=O)c1ccc(Cl)cc1)Nc1sc2c(c1-c1nc3ccccc3s1)CCN(Cc1ccccc1)C2. The first-order chi connectivity index (χ1) is 19.9. The minimum absolute atomic E-state index is 0.106. The molecule has 0 spiro atoms. The van der Waals surface area contributed by atoms with E-state index in [1.54, 1.807) is 34.8 Å². The highest BCUT2D eigenvalue weighted by Crippen LogP contribution is 2.46. The van der Waals surface area contributed by atoms with Gasteiger partial charge in [0.05, 0.1) is 20.9 Å². The van der Waals surface area contributed by atoms with E-state index in [4.69, 9.17) is 16.6 Å².